The summed E-state index contributed by atoms with van der Waals surface area (Å²) in [4.78, 5) is 0.485. The van der Waals surface area contributed by atoms with Crippen LogP contribution in [0, 0.1) is 11.3 Å². The van der Waals surface area contributed by atoms with E-state index in [0.717, 1.165) is 0 Å². The van der Waals surface area contributed by atoms with Gasteiger partial charge in [-0.1, -0.05) is 0 Å². The number of thiol groups is 1. The Morgan fingerprint density at radius 1 is 1.45 bits per heavy atom. The van der Waals surface area contributed by atoms with Crippen LogP contribution in [0.15, 0.2) is 23.1 Å². The summed E-state index contributed by atoms with van der Waals surface area (Å²) in [6.45, 7) is 0. The first kappa shape index (κ1) is 10.5. The molecule has 0 aromatic heterocycles. The van der Waals surface area contributed by atoms with Gasteiger partial charge in [-0.15, -0.1) is 12.6 Å². The number of aromatic hydroxyl groups is 1. The van der Waals surface area contributed by atoms with Gasteiger partial charge >= 0.3 is 19.5 Å². The molecular weight excluding hydrogens is 212 g/mol. The Labute approximate surface area is 83.0 Å². The summed E-state index contributed by atoms with van der Waals surface area (Å²) in [5.74, 6) is 0.0439. The van der Waals surface area contributed by atoms with E-state index in [9.17, 15) is 0 Å². The smallest absolute Gasteiger partial charge is 0.507 e. The SMILES string of the molecule is N#Cc1ccc(S)c(O)c1.[Zn+2]. The quantitative estimate of drug-likeness (QED) is 0.511. The normalized spacial score (nSPS) is 8.00. The molecule has 0 heterocycles. The third-order valence-corrected chi connectivity index (χ3v) is 1.48. The number of hydrogen-bond donors (Lipinski definition) is 2. The van der Waals surface area contributed by atoms with Crippen molar-refractivity contribution in [1.29, 1.82) is 5.26 Å². The van der Waals surface area contributed by atoms with Crippen molar-refractivity contribution in [3.63, 3.8) is 0 Å². The van der Waals surface area contributed by atoms with Crippen molar-refractivity contribution in [3.05, 3.63) is 23.8 Å². The zero-order valence-electron chi connectivity index (χ0n) is 5.78. The summed E-state index contributed by atoms with van der Waals surface area (Å²) in [6.07, 6.45) is 0. The van der Waals surface area contributed by atoms with Crippen LogP contribution in [0.5, 0.6) is 5.75 Å². The van der Waals surface area contributed by atoms with Crippen molar-refractivity contribution in [2.45, 2.75) is 4.90 Å². The van der Waals surface area contributed by atoms with E-state index in [2.05, 4.69) is 12.6 Å². The maximum Gasteiger partial charge on any atom is 2.00 e. The van der Waals surface area contributed by atoms with Crippen molar-refractivity contribution < 1.29 is 24.6 Å². The van der Waals surface area contributed by atoms with Gasteiger partial charge < -0.3 is 5.11 Å². The van der Waals surface area contributed by atoms with Crippen molar-refractivity contribution in [2.75, 3.05) is 0 Å². The molecule has 0 aliphatic carbocycles. The first-order chi connectivity index (χ1) is 4.74. The molecule has 2 nitrogen and oxygen atoms in total. The molecule has 0 amide bonds. The maximum atomic E-state index is 9.00. The fraction of sp³-hybridized carbons (Fsp3) is 0. The summed E-state index contributed by atoms with van der Waals surface area (Å²) < 4.78 is 0. The number of nitrogens with zero attached hydrogens (tertiary/aromatic N) is 1. The van der Waals surface area contributed by atoms with E-state index < -0.39 is 0 Å². The van der Waals surface area contributed by atoms with Crippen molar-refractivity contribution in [1.82, 2.24) is 0 Å². The van der Waals surface area contributed by atoms with E-state index in [0.29, 0.717) is 10.5 Å². The Morgan fingerprint density at radius 3 is 2.55 bits per heavy atom. The minimum absolute atomic E-state index is 0. The van der Waals surface area contributed by atoms with Crippen molar-refractivity contribution in [2.24, 2.45) is 0 Å². The van der Waals surface area contributed by atoms with Gasteiger partial charge in [0.25, 0.3) is 0 Å². The first-order valence-electron chi connectivity index (χ1n) is 2.66. The van der Waals surface area contributed by atoms with Crippen LogP contribution in [0.25, 0.3) is 0 Å². The molecule has 0 aliphatic rings. The fourth-order valence-corrected chi connectivity index (χ4v) is 0.732. The molecule has 0 saturated carbocycles. The number of nitriles is 1. The predicted molar refractivity (Wildman–Crippen MR) is 40.1 cm³/mol. The Balaban J connectivity index is 0.000001000. The van der Waals surface area contributed by atoms with Crippen LogP contribution in [0.2, 0.25) is 0 Å². The monoisotopic (exact) mass is 215 g/mol. The molecule has 1 rings (SSSR count). The largest absolute Gasteiger partial charge is 2.00 e. The van der Waals surface area contributed by atoms with E-state index in [4.69, 9.17) is 10.4 Å². The third kappa shape index (κ3) is 2.53. The van der Waals surface area contributed by atoms with E-state index >= 15 is 0 Å². The minimum atomic E-state index is 0. The van der Waals surface area contributed by atoms with Crippen molar-refractivity contribution >= 4 is 12.6 Å². The molecule has 1 aromatic rings. The molecule has 0 saturated heterocycles. The molecule has 50 valence electrons. The molecular formula is C7H5NOSZn+2. The van der Waals surface area contributed by atoms with Crippen LogP contribution >= 0.6 is 12.6 Å². The summed E-state index contributed by atoms with van der Waals surface area (Å²) in [7, 11) is 0. The molecule has 1 aromatic carbocycles. The van der Waals surface area contributed by atoms with Gasteiger partial charge in [0.2, 0.25) is 0 Å². The Kier molecular flexibility index (Phi) is 4.17. The van der Waals surface area contributed by atoms with Crippen LogP contribution in [0.1, 0.15) is 5.56 Å². The van der Waals surface area contributed by atoms with Gasteiger partial charge in [0.15, 0.2) is 0 Å². The Hall–Kier alpha value is -0.517. The van der Waals surface area contributed by atoms with Gasteiger partial charge in [0.1, 0.15) is 5.75 Å². The molecule has 11 heavy (non-hydrogen) atoms. The van der Waals surface area contributed by atoms with Crippen LogP contribution < -0.4 is 0 Å². The summed E-state index contributed by atoms with van der Waals surface area (Å²) in [5, 5.41) is 17.4. The van der Waals surface area contributed by atoms with Gasteiger partial charge in [-0.3, -0.25) is 0 Å². The van der Waals surface area contributed by atoms with Crippen LogP contribution in [0.3, 0.4) is 0 Å². The molecule has 0 aliphatic heterocycles. The van der Waals surface area contributed by atoms with Crippen LogP contribution in [-0.4, -0.2) is 5.11 Å². The van der Waals surface area contributed by atoms with Crippen LogP contribution in [0.4, 0.5) is 0 Å². The number of phenolic OH excluding ortho intramolecular Hbond substituents is 1. The summed E-state index contributed by atoms with van der Waals surface area (Å²) >= 11 is 3.92. The fourth-order valence-electron chi connectivity index (χ4n) is 0.593. The number of phenols is 1. The van der Waals surface area contributed by atoms with Gasteiger partial charge in [-0.2, -0.15) is 5.26 Å². The molecule has 0 spiro atoms. The number of hydrogen-bond acceptors (Lipinski definition) is 3. The molecule has 0 fully saturated rings. The van der Waals surface area contributed by atoms with E-state index in [1.54, 1.807) is 12.1 Å². The van der Waals surface area contributed by atoms with Gasteiger partial charge in [0, 0.05) is 4.90 Å². The van der Waals surface area contributed by atoms with Crippen molar-refractivity contribution in [3.8, 4) is 11.8 Å². The molecule has 4 heteroatoms. The zero-order chi connectivity index (χ0) is 7.56. The topological polar surface area (TPSA) is 44.0 Å². The predicted octanol–water partition coefficient (Wildman–Crippen LogP) is 1.55. The second kappa shape index (κ2) is 4.38. The molecule has 0 radical (unpaired) electrons. The Bertz CT molecular complexity index is 295. The average molecular weight is 217 g/mol. The third-order valence-electron chi connectivity index (χ3n) is 1.10. The summed E-state index contributed by atoms with van der Waals surface area (Å²) in [5.41, 5.74) is 0.440. The summed E-state index contributed by atoms with van der Waals surface area (Å²) in [6, 6.07) is 6.46. The second-order valence-electron chi connectivity index (χ2n) is 1.82. The first-order valence-corrected chi connectivity index (χ1v) is 3.11. The average Bonchev–Trinajstić information content (AvgIpc) is 1.95. The molecule has 0 bridgehead atoms. The zero-order valence-corrected chi connectivity index (χ0v) is 9.64. The van der Waals surface area contributed by atoms with Crippen LogP contribution in [-0.2, 0) is 19.5 Å². The molecule has 1 N–H and O–H groups in total. The Morgan fingerprint density at radius 2 is 2.09 bits per heavy atom. The molecule has 0 unspecified atom stereocenters. The second-order valence-corrected chi connectivity index (χ2v) is 2.30. The standard InChI is InChI=1S/C7H5NOS.Zn/c8-4-5-1-2-7(10)6(9)3-5;/h1-3,9-10H;/q;+2. The van der Waals surface area contributed by atoms with Gasteiger partial charge in [-0.05, 0) is 18.2 Å². The van der Waals surface area contributed by atoms with E-state index in [-0.39, 0.29) is 25.2 Å². The van der Waals surface area contributed by atoms with E-state index in [1.807, 2.05) is 6.07 Å². The number of benzene rings is 1. The van der Waals surface area contributed by atoms with E-state index in [1.165, 1.54) is 6.07 Å². The van der Waals surface area contributed by atoms with Gasteiger partial charge in [-0.25, -0.2) is 0 Å². The maximum absolute atomic E-state index is 9.00. The molecule has 0 atom stereocenters. The minimum Gasteiger partial charge on any atom is -0.507 e. The van der Waals surface area contributed by atoms with Gasteiger partial charge in [0.05, 0.1) is 11.6 Å². The number of rotatable bonds is 0.